The van der Waals surface area contributed by atoms with Gasteiger partial charge in [-0.3, -0.25) is 9.59 Å². The molecule has 2 unspecified atom stereocenters. The molecule has 2 fully saturated rings. The van der Waals surface area contributed by atoms with Gasteiger partial charge in [0.05, 0.1) is 43.7 Å². The molecule has 0 amide bonds. The quantitative estimate of drug-likeness (QED) is 0.231. The van der Waals surface area contributed by atoms with Crippen molar-refractivity contribution < 1.29 is 48.2 Å². The van der Waals surface area contributed by atoms with E-state index in [1.807, 2.05) is 121 Å². The normalized spacial score (nSPS) is 22.7. The Morgan fingerprint density at radius 2 is 0.943 bits per heavy atom. The SMILES string of the molecule is Cc1cc(C(C)C(=O)OCC(C)(C)C2OCC3(CO2)COC(C(C)(C)COC(=O)C(C)c2cc(C)c(O)c(C(C)(C)C)c2)OC3)cc(C(C)(C)C)c1O. The highest BCUT2D eigenvalue weighted by Crippen LogP contribution is 2.41. The summed E-state index contributed by atoms with van der Waals surface area (Å²) in [4.78, 5) is 26.4. The van der Waals surface area contributed by atoms with Gasteiger partial charge in [0.2, 0.25) is 0 Å². The van der Waals surface area contributed by atoms with Crippen LogP contribution in [0.4, 0.5) is 0 Å². The Balaban J connectivity index is 1.27. The molecule has 4 rings (SSSR count). The number of phenolic OH excluding ortho intramolecular Hbond substituents is 2. The number of carbonyl (C=O) groups excluding carboxylic acids is 2. The Morgan fingerprint density at radius 3 is 1.23 bits per heavy atom. The monoisotopic (exact) mass is 740 g/mol. The Kier molecular flexibility index (Phi) is 12.5. The van der Waals surface area contributed by atoms with Crippen molar-refractivity contribution >= 4 is 11.9 Å². The molecule has 2 atom stereocenters. The summed E-state index contributed by atoms with van der Waals surface area (Å²) in [6.45, 7) is 28.8. The van der Waals surface area contributed by atoms with Crippen LogP contribution in [-0.2, 0) is 48.8 Å². The van der Waals surface area contributed by atoms with Crippen molar-refractivity contribution in [2.45, 2.75) is 132 Å². The van der Waals surface area contributed by atoms with Gasteiger partial charge in [0, 0.05) is 10.8 Å². The smallest absolute Gasteiger partial charge is 0.313 e. The summed E-state index contributed by atoms with van der Waals surface area (Å²) in [5.41, 5.74) is 2.30. The zero-order valence-electron chi connectivity index (χ0n) is 34.5. The summed E-state index contributed by atoms with van der Waals surface area (Å²) in [5.74, 6) is -1.25. The Labute approximate surface area is 316 Å². The van der Waals surface area contributed by atoms with Crippen LogP contribution in [0.25, 0.3) is 0 Å². The van der Waals surface area contributed by atoms with Crippen LogP contribution in [0.15, 0.2) is 24.3 Å². The van der Waals surface area contributed by atoms with Crippen LogP contribution in [-0.4, -0.2) is 74.4 Å². The van der Waals surface area contributed by atoms with E-state index in [0.29, 0.717) is 26.4 Å². The molecule has 296 valence electrons. The first-order valence-electron chi connectivity index (χ1n) is 18.8. The molecule has 2 saturated heterocycles. The number of aromatic hydroxyl groups is 2. The average Bonchev–Trinajstić information content (AvgIpc) is 3.07. The average molecular weight is 741 g/mol. The van der Waals surface area contributed by atoms with Gasteiger partial charge in [-0.25, -0.2) is 0 Å². The molecule has 53 heavy (non-hydrogen) atoms. The Bertz CT molecular complexity index is 1500. The second-order valence-electron chi connectivity index (χ2n) is 19.0. The second kappa shape index (κ2) is 15.5. The lowest BCUT2D eigenvalue weighted by Gasteiger charge is -2.48. The van der Waals surface area contributed by atoms with Gasteiger partial charge in [-0.15, -0.1) is 0 Å². The maximum Gasteiger partial charge on any atom is 0.313 e. The lowest BCUT2D eigenvalue weighted by Crippen LogP contribution is -2.57. The zero-order valence-corrected chi connectivity index (χ0v) is 34.5. The van der Waals surface area contributed by atoms with Crippen LogP contribution in [0.5, 0.6) is 11.5 Å². The van der Waals surface area contributed by atoms with Gasteiger partial charge < -0.3 is 38.6 Å². The number of ether oxygens (including phenoxy) is 6. The van der Waals surface area contributed by atoms with E-state index < -0.39 is 40.7 Å². The van der Waals surface area contributed by atoms with Crippen LogP contribution in [0.1, 0.15) is 128 Å². The fraction of sp³-hybridized carbons (Fsp3) is 0.674. The summed E-state index contributed by atoms with van der Waals surface area (Å²) in [5, 5.41) is 21.2. The third-order valence-corrected chi connectivity index (χ3v) is 10.6. The standard InChI is InChI=1S/C43H64O10/c1-25-15-29(17-31(33(25)44)39(5,6)7)27(3)35(46)48-19-41(11,12)37-50-21-43(22-51-37)23-52-38(53-24-43)42(13,14)20-49-36(47)28(4)30-16-26(2)34(45)32(18-30)40(8,9)10/h15-18,27-28,37-38,44-45H,19-24H2,1-14H3. The van der Waals surface area contributed by atoms with Crippen LogP contribution in [0, 0.1) is 30.1 Å². The summed E-state index contributed by atoms with van der Waals surface area (Å²) in [6, 6.07) is 7.46. The van der Waals surface area contributed by atoms with Crippen LogP contribution in [0.3, 0.4) is 0 Å². The summed E-state index contributed by atoms with van der Waals surface area (Å²) < 4.78 is 36.5. The van der Waals surface area contributed by atoms with E-state index in [0.717, 1.165) is 33.4 Å². The summed E-state index contributed by atoms with van der Waals surface area (Å²) in [7, 11) is 0. The lowest BCUT2D eigenvalue weighted by molar-refractivity contribution is -0.337. The fourth-order valence-corrected chi connectivity index (χ4v) is 6.69. The maximum atomic E-state index is 13.2. The summed E-state index contributed by atoms with van der Waals surface area (Å²) in [6.07, 6.45) is -1.21. The van der Waals surface area contributed by atoms with E-state index in [2.05, 4.69) is 0 Å². The third kappa shape index (κ3) is 9.74. The number of rotatable bonds is 10. The topological polar surface area (TPSA) is 130 Å². The van der Waals surface area contributed by atoms with Gasteiger partial charge in [0.15, 0.2) is 12.6 Å². The van der Waals surface area contributed by atoms with E-state index in [9.17, 15) is 19.8 Å². The largest absolute Gasteiger partial charge is 0.507 e. The Hall–Kier alpha value is -3.18. The number of phenols is 2. The first kappa shape index (κ1) is 42.6. The molecule has 0 aliphatic carbocycles. The number of aryl methyl sites for hydroxylation is 2. The van der Waals surface area contributed by atoms with Crippen molar-refractivity contribution in [1.29, 1.82) is 0 Å². The van der Waals surface area contributed by atoms with Crippen molar-refractivity contribution in [3.8, 4) is 11.5 Å². The van der Waals surface area contributed by atoms with E-state index >= 15 is 0 Å². The first-order chi connectivity index (χ1) is 24.3. The van der Waals surface area contributed by atoms with Crippen molar-refractivity contribution in [1.82, 2.24) is 0 Å². The molecule has 2 aromatic carbocycles. The maximum absolute atomic E-state index is 13.2. The van der Waals surface area contributed by atoms with Gasteiger partial charge in [0.1, 0.15) is 24.7 Å². The third-order valence-electron chi connectivity index (χ3n) is 10.6. The predicted molar refractivity (Wildman–Crippen MR) is 203 cm³/mol. The molecular weight excluding hydrogens is 676 g/mol. The molecular formula is C43H64O10. The van der Waals surface area contributed by atoms with Crippen LogP contribution in [0.2, 0.25) is 0 Å². The van der Waals surface area contributed by atoms with Crippen molar-refractivity contribution in [3.05, 3.63) is 57.6 Å². The highest BCUT2D eigenvalue weighted by atomic mass is 16.7. The molecule has 2 N–H and O–H groups in total. The van der Waals surface area contributed by atoms with Crippen LogP contribution >= 0.6 is 0 Å². The van der Waals surface area contributed by atoms with Gasteiger partial charge in [-0.1, -0.05) is 93.5 Å². The van der Waals surface area contributed by atoms with Crippen molar-refractivity contribution in [3.63, 3.8) is 0 Å². The lowest BCUT2D eigenvalue weighted by atomic mass is 9.82. The van der Waals surface area contributed by atoms with Gasteiger partial charge in [-0.05, 0) is 71.9 Å². The molecule has 2 aliphatic rings. The molecule has 0 aromatic heterocycles. The van der Waals surface area contributed by atoms with Crippen molar-refractivity contribution in [2.24, 2.45) is 16.2 Å². The molecule has 0 radical (unpaired) electrons. The molecule has 10 nitrogen and oxygen atoms in total. The van der Waals surface area contributed by atoms with E-state index in [4.69, 9.17) is 28.4 Å². The van der Waals surface area contributed by atoms with E-state index in [1.165, 1.54) is 0 Å². The van der Waals surface area contributed by atoms with E-state index in [-0.39, 0.29) is 47.5 Å². The minimum absolute atomic E-state index is 0.0989. The number of esters is 2. The second-order valence-corrected chi connectivity index (χ2v) is 19.0. The summed E-state index contributed by atoms with van der Waals surface area (Å²) >= 11 is 0. The number of carbonyl (C=O) groups is 2. The number of benzene rings is 2. The molecule has 1 spiro atoms. The van der Waals surface area contributed by atoms with Crippen LogP contribution < -0.4 is 0 Å². The van der Waals surface area contributed by atoms with Gasteiger partial charge >= 0.3 is 11.9 Å². The molecule has 10 heteroatoms. The zero-order chi connectivity index (χ0) is 39.9. The molecule has 2 heterocycles. The highest BCUT2D eigenvalue weighted by molar-refractivity contribution is 5.78. The molecule has 0 bridgehead atoms. The minimum atomic E-state index is -0.631. The molecule has 0 saturated carbocycles. The van der Waals surface area contributed by atoms with Gasteiger partial charge in [0.25, 0.3) is 0 Å². The van der Waals surface area contributed by atoms with Gasteiger partial charge in [-0.2, -0.15) is 0 Å². The Morgan fingerprint density at radius 1 is 0.642 bits per heavy atom. The molecule has 2 aromatic rings. The minimum Gasteiger partial charge on any atom is -0.507 e. The van der Waals surface area contributed by atoms with E-state index in [1.54, 1.807) is 0 Å². The fourth-order valence-electron chi connectivity index (χ4n) is 6.69. The first-order valence-corrected chi connectivity index (χ1v) is 18.8. The van der Waals surface area contributed by atoms with Crippen molar-refractivity contribution in [2.75, 3.05) is 39.6 Å². The highest BCUT2D eigenvalue weighted by Gasteiger charge is 2.48. The number of hydrogen-bond acceptors (Lipinski definition) is 10. The molecule has 2 aliphatic heterocycles. The number of hydrogen-bond donors (Lipinski definition) is 2. The predicted octanol–water partition coefficient (Wildman–Crippen LogP) is 8.09.